The van der Waals surface area contributed by atoms with Crippen molar-refractivity contribution >= 4 is 0 Å². The Kier molecular flexibility index (Phi) is 1.46. The van der Waals surface area contributed by atoms with Gasteiger partial charge in [0.15, 0.2) is 0 Å². The Balaban J connectivity index is 2.08. The van der Waals surface area contributed by atoms with Gasteiger partial charge in [-0.1, -0.05) is 0 Å². The van der Waals surface area contributed by atoms with Gasteiger partial charge in [-0.15, -0.1) is 0 Å². The lowest BCUT2D eigenvalue weighted by atomic mass is 10.2. The van der Waals surface area contributed by atoms with Crippen LogP contribution in [0.3, 0.4) is 0 Å². The van der Waals surface area contributed by atoms with Gasteiger partial charge in [0.25, 0.3) is 0 Å². The highest BCUT2D eigenvalue weighted by molar-refractivity contribution is 5.16. The molecule has 3 nitrogen and oxygen atoms in total. The fourth-order valence-electron chi connectivity index (χ4n) is 1.50. The lowest BCUT2D eigenvalue weighted by molar-refractivity contribution is 0.725. The Hall–Kier alpha value is -0.830. The Labute approximate surface area is 66.2 Å². The van der Waals surface area contributed by atoms with Gasteiger partial charge in [0, 0.05) is 19.2 Å². The molecule has 0 amide bonds. The van der Waals surface area contributed by atoms with E-state index in [0.29, 0.717) is 11.8 Å². The minimum Gasteiger partial charge on any atom is -0.330 e. The van der Waals surface area contributed by atoms with Crippen molar-refractivity contribution < 1.29 is 0 Å². The Bertz CT molecular complexity index is 254. The fraction of sp³-hybridized carbons (Fsp3) is 0.625. The highest BCUT2D eigenvalue weighted by Crippen LogP contribution is 2.45. The minimum atomic E-state index is 0.654. The summed E-state index contributed by atoms with van der Waals surface area (Å²) in [4.78, 5) is 0. The van der Waals surface area contributed by atoms with E-state index in [9.17, 15) is 0 Å². The number of aryl methyl sites for hydroxylation is 1. The van der Waals surface area contributed by atoms with E-state index < -0.39 is 0 Å². The number of aromatic nitrogens is 2. The zero-order chi connectivity index (χ0) is 7.84. The SMILES string of the molecule is Cn1ccc([C@@H]2C[C@@H]2CN)n1. The second kappa shape index (κ2) is 2.34. The number of hydrogen-bond donors (Lipinski definition) is 1. The van der Waals surface area contributed by atoms with Crippen molar-refractivity contribution in [3.8, 4) is 0 Å². The summed E-state index contributed by atoms with van der Waals surface area (Å²) in [6.07, 6.45) is 3.22. The molecule has 2 atom stereocenters. The van der Waals surface area contributed by atoms with Gasteiger partial charge in [-0.3, -0.25) is 4.68 Å². The van der Waals surface area contributed by atoms with Crippen LogP contribution >= 0.6 is 0 Å². The molecule has 11 heavy (non-hydrogen) atoms. The van der Waals surface area contributed by atoms with E-state index in [4.69, 9.17) is 5.73 Å². The second-order valence-electron chi connectivity index (χ2n) is 3.25. The van der Waals surface area contributed by atoms with E-state index in [0.717, 1.165) is 6.54 Å². The lowest BCUT2D eigenvalue weighted by Gasteiger charge is -1.90. The van der Waals surface area contributed by atoms with Gasteiger partial charge >= 0.3 is 0 Å². The van der Waals surface area contributed by atoms with Crippen LogP contribution in [0.1, 0.15) is 18.0 Å². The molecule has 1 saturated carbocycles. The van der Waals surface area contributed by atoms with Gasteiger partial charge in [-0.25, -0.2) is 0 Å². The highest BCUT2D eigenvalue weighted by atomic mass is 15.2. The summed E-state index contributed by atoms with van der Waals surface area (Å²) in [7, 11) is 1.95. The maximum absolute atomic E-state index is 5.53. The van der Waals surface area contributed by atoms with Crippen LogP contribution < -0.4 is 5.73 Å². The molecule has 1 aromatic heterocycles. The first-order valence-corrected chi connectivity index (χ1v) is 4.01. The largest absolute Gasteiger partial charge is 0.330 e. The Morgan fingerprint density at radius 2 is 2.64 bits per heavy atom. The smallest absolute Gasteiger partial charge is 0.0658 e. The molecule has 0 spiro atoms. The van der Waals surface area contributed by atoms with Crippen LogP contribution in [0.5, 0.6) is 0 Å². The molecule has 1 aliphatic carbocycles. The van der Waals surface area contributed by atoms with E-state index >= 15 is 0 Å². The summed E-state index contributed by atoms with van der Waals surface area (Å²) in [6, 6.07) is 2.08. The third-order valence-electron chi connectivity index (χ3n) is 2.34. The third kappa shape index (κ3) is 1.16. The van der Waals surface area contributed by atoms with Crippen molar-refractivity contribution in [3.05, 3.63) is 18.0 Å². The topological polar surface area (TPSA) is 43.8 Å². The van der Waals surface area contributed by atoms with Gasteiger partial charge in [-0.05, 0) is 24.9 Å². The van der Waals surface area contributed by atoms with Crippen LogP contribution in [-0.2, 0) is 7.05 Å². The van der Waals surface area contributed by atoms with Crippen LogP contribution in [0, 0.1) is 5.92 Å². The molecule has 1 heterocycles. The van der Waals surface area contributed by atoms with Crippen LogP contribution in [-0.4, -0.2) is 16.3 Å². The molecule has 1 fully saturated rings. The molecule has 0 aromatic carbocycles. The summed E-state index contributed by atoms with van der Waals surface area (Å²) in [5.74, 6) is 1.35. The molecule has 0 aliphatic heterocycles. The van der Waals surface area contributed by atoms with E-state index in [1.54, 1.807) is 0 Å². The van der Waals surface area contributed by atoms with Crippen LogP contribution in [0.15, 0.2) is 12.3 Å². The molecule has 0 bridgehead atoms. The van der Waals surface area contributed by atoms with E-state index in [1.807, 2.05) is 17.9 Å². The average molecular weight is 151 g/mol. The first kappa shape index (κ1) is 6.85. The van der Waals surface area contributed by atoms with Gasteiger partial charge in [0.1, 0.15) is 0 Å². The summed E-state index contributed by atoms with van der Waals surface area (Å²) in [5, 5.41) is 4.33. The first-order chi connectivity index (χ1) is 5.31. The van der Waals surface area contributed by atoms with Crippen molar-refractivity contribution in [1.82, 2.24) is 9.78 Å². The Morgan fingerprint density at radius 1 is 1.82 bits per heavy atom. The predicted molar refractivity (Wildman–Crippen MR) is 43.1 cm³/mol. The number of hydrogen-bond acceptors (Lipinski definition) is 2. The average Bonchev–Trinajstić information content (AvgIpc) is 2.68. The third-order valence-corrected chi connectivity index (χ3v) is 2.34. The molecular weight excluding hydrogens is 138 g/mol. The van der Waals surface area contributed by atoms with E-state index in [2.05, 4.69) is 11.2 Å². The van der Waals surface area contributed by atoms with Gasteiger partial charge in [-0.2, -0.15) is 5.10 Å². The van der Waals surface area contributed by atoms with Crippen molar-refractivity contribution in [2.45, 2.75) is 12.3 Å². The molecular formula is C8H13N3. The van der Waals surface area contributed by atoms with Crippen molar-refractivity contribution in [1.29, 1.82) is 0 Å². The molecule has 0 radical (unpaired) electrons. The van der Waals surface area contributed by atoms with Gasteiger partial charge in [0.05, 0.1) is 5.69 Å². The summed E-state index contributed by atoms with van der Waals surface area (Å²) >= 11 is 0. The molecule has 1 aliphatic rings. The molecule has 1 aromatic rings. The molecule has 60 valence electrons. The molecule has 2 rings (SSSR count). The number of nitrogens with two attached hydrogens (primary N) is 1. The maximum Gasteiger partial charge on any atom is 0.0658 e. The van der Waals surface area contributed by atoms with Crippen LogP contribution in [0.4, 0.5) is 0 Å². The van der Waals surface area contributed by atoms with Gasteiger partial charge in [0.2, 0.25) is 0 Å². The van der Waals surface area contributed by atoms with Crippen molar-refractivity contribution in [2.75, 3.05) is 6.54 Å². The molecule has 0 unspecified atom stereocenters. The summed E-state index contributed by atoms with van der Waals surface area (Å²) in [5.41, 5.74) is 6.74. The number of rotatable bonds is 2. The van der Waals surface area contributed by atoms with Crippen LogP contribution in [0.25, 0.3) is 0 Å². The fourth-order valence-corrected chi connectivity index (χ4v) is 1.50. The first-order valence-electron chi connectivity index (χ1n) is 4.01. The standard InChI is InChI=1S/C8H13N3/c1-11-3-2-8(10-11)7-4-6(7)5-9/h2-3,6-7H,4-5,9H2,1H3/t6-,7-/m1/s1. The van der Waals surface area contributed by atoms with Crippen molar-refractivity contribution in [3.63, 3.8) is 0 Å². The van der Waals surface area contributed by atoms with Gasteiger partial charge < -0.3 is 5.73 Å². The molecule has 2 N–H and O–H groups in total. The minimum absolute atomic E-state index is 0.654. The zero-order valence-electron chi connectivity index (χ0n) is 6.70. The number of nitrogens with zero attached hydrogens (tertiary/aromatic N) is 2. The van der Waals surface area contributed by atoms with E-state index in [1.165, 1.54) is 12.1 Å². The summed E-state index contributed by atoms with van der Waals surface area (Å²) < 4.78 is 1.85. The predicted octanol–water partition coefficient (Wildman–Crippen LogP) is 0.482. The lowest BCUT2D eigenvalue weighted by Crippen LogP contribution is -2.02. The molecule has 0 saturated heterocycles. The highest BCUT2D eigenvalue weighted by Gasteiger charge is 2.38. The summed E-state index contributed by atoms with van der Waals surface area (Å²) in [6.45, 7) is 0.807. The van der Waals surface area contributed by atoms with Crippen molar-refractivity contribution in [2.24, 2.45) is 18.7 Å². The molecule has 3 heteroatoms. The van der Waals surface area contributed by atoms with Crippen LogP contribution in [0.2, 0.25) is 0 Å². The monoisotopic (exact) mass is 151 g/mol. The Morgan fingerprint density at radius 3 is 3.09 bits per heavy atom. The van der Waals surface area contributed by atoms with E-state index in [-0.39, 0.29) is 0 Å². The second-order valence-corrected chi connectivity index (χ2v) is 3.25. The quantitative estimate of drug-likeness (QED) is 0.668. The normalized spacial score (nSPS) is 28.9. The zero-order valence-corrected chi connectivity index (χ0v) is 6.70. The maximum atomic E-state index is 5.53.